The van der Waals surface area contributed by atoms with Gasteiger partial charge in [-0.3, -0.25) is 14.5 Å². The van der Waals surface area contributed by atoms with E-state index in [1.54, 1.807) is 23.0 Å². The molecular formula is C23H17N9O. The predicted octanol–water partition coefficient (Wildman–Crippen LogP) is 2.59. The van der Waals surface area contributed by atoms with Crippen LogP contribution in [0, 0.1) is 28.6 Å². The van der Waals surface area contributed by atoms with Crippen LogP contribution in [-0.4, -0.2) is 35.6 Å². The van der Waals surface area contributed by atoms with Crippen LogP contribution in [0.15, 0.2) is 48.9 Å². The van der Waals surface area contributed by atoms with E-state index in [9.17, 15) is 15.3 Å². The fourth-order valence-electron chi connectivity index (χ4n) is 4.24. The highest BCUT2D eigenvalue weighted by molar-refractivity contribution is 5.94. The zero-order valence-electron chi connectivity index (χ0n) is 17.4. The number of primary amides is 1. The summed E-state index contributed by atoms with van der Waals surface area (Å²) in [5.41, 5.74) is 7.66. The van der Waals surface area contributed by atoms with Gasteiger partial charge in [-0.2, -0.15) is 15.6 Å². The summed E-state index contributed by atoms with van der Waals surface area (Å²) in [5.74, 6) is -0.903. The van der Waals surface area contributed by atoms with Gasteiger partial charge in [0.25, 0.3) is 5.91 Å². The third-order valence-electron chi connectivity index (χ3n) is 5.90. The molecule has 10 nitrogen and oxygen atoms in total. The topological polar surface area (TPSA) is 160 Å². The van der Waals surface area contributed by atoms with Gasteiger partial charge in [0.05, 0.1) is 46.9 Å². The van der Waals surface area contributed by atoms with Gasteiger partial charge in [-0.25, -0.2) is 15.0 Å². The Kier molecular flexibility index (Phi) is 4.76. The molecule has 160 valence electrons. The molecule has 10 heteroatoms. The van der Waals surface area contributed by atoms with E-state index in [-0.39, 0.29) is 18.2 Å². The van der Waals surface area contributed by atoms with E-state index < -0.39 is 11.4 Å². The van der Waals surface area contributed by atoms with Crippen LogP contribution in [0.25, 0.3) is 33.7 Å². The lowest BCUT2D eigenvalue weighted by Gasteiger charge is -2.43. The van der Waals surface area contributed by atoms with Crippen LogP contribution in [0.1, 0.15) is 29.9 Å². The Bertz CT molecular complexity index is 1470. The van der Waals surface area contributed by atoms with E-state index in [1.807, 2.05) is 24.4 Å². The normalized spacial score (nSPS) is 19.4. The Labute approximate surface area is 188 Å². The lowest BCUT2D eigenvalue weighted by molar-refractivity contribution is 0.0884. The van der Waals surface area contributed by atoms with Crippen molar-refractivity contribution in [2.75, 3.05) is 0 Å². The highest BCUT2D eigenvalue weighted by Gasteiger charge is 2.46. The average Bonchev–Trinajstić information content (AvgIpc) is 3.31. The zero-order chi connectivity index (χ0) is 23.0. The van der Waals surface area contributed by atoms with Crippen molar-refractivity contribution >= 4 is 16.8 Å². The van der Waals surface area contributed by atoms with Crippen LogP contribution < -0.4 is 5.73 Å². The molecule has 1 aliphatic carbocycles. The molecule has 0 bridgehead atoms. The van der Waals surface area contributed by atoms with Crippen molar-refractivity contribution in [3.8, 4) is 34.9 Å². The third-order valence-corrected chi connectivity index (χ3v) is 5.90. The second-order valence-electron chi connectivity index (χ2n) is 7.99. The van der Waals surface area contributed by atoms with Gasteiger partial charge in [0.1, 0.15) is 11.4 Å². The number of fused-ring (bicyclic) bond motifs is 1. The Hall–Kier alpha value is -4.70. The molecule has 2 N–H and O–H groups in total. The van der Waals surface area contributed by atoms with E-state index in [0.717, 1.165) is 5.39 Å². The van der Waals surface area contributed by atoms with Crippen LogP contribution in [0.3, 0.4) is 0 Å². The number of nitrogens with two attached hydrogens (primary N) is 1. The lowest BCUT2D eigenvalue weighted by Crippen LogP contribution is -2.46. The fourth-order valence-corrected chi connectivity index (χ4v) is 4.24. The molecule has 0 radical (unpaired) electrons. The number of amides is 1. The molecule has 1 fully saturated rings. The SMILES string of the molecule is N#CC[C@]1(n2ccc(-c3nc(-c4ccnc(C(N)=O)n4)cc4ncccc34)n2)C[C@@H](C#N)C1. The minimum absolute atomic E-state index is 0.0744. The number of rotatable bonds is 5. The van der Waals surface area contributed by atoms with Gasteiger partial charge in [-0.1, -0.05) is 0 Å². The molecule has 0 aromatic carbocycles. The molecule has 0 unspecified atom stereocenters. The number of aromatic nitrogens is 6. The molecule has 4 aromatic heterocycles. The second-order valence-corrected chi connectivity index (χ2v) is 7.99. The van der Waals surface area contributed by atoms with Gasteiger partial charge < -0.3 is 5.73 Å². The van der Waals surface area contributed by atoms with Gasteiger partial charge in [-0.05, 0) is 43.2 Å². The molecule has 0 aliphatic heterocycles. The first kappa shape index (κ1) is 20.2. The van der Waals surface area contributed by atoms with Crippen LogP contribution in [-0.2, 0) is 5.54 Å². The van der Waals surface area contributed by atoms with Gasteiger partial charge in [-0.15, -0.1) is 0 Å². The van der Waals surface area contributed by atoms with Crippen LogP contribution in [0.2, 0.25) is 0 Å². The third kappa shape index (κ3) is 3.44. The maximum Gasteiger partial charge on any atom is 0.286 e. The molecule has 0 atom stereocenters. The smallest absolute Gasteiger partial charge is 0.286 e. The number of nitriles is 2. The number of carbonyl (C=O) groups is 1. The highest BCUT2D eigenvalue weighted by atomic mass is 16.1. The maximum atomic E-state index is 11.5. The maximum absolute atomic E-state index is 11.5. The van der Waals surface area contributed by atoms with Gasteiger partial charge in [0, 0.05) is 24.0 Å². The Morgan fingerprint density at radius 3 is 2.73 bits per heavy atom. The van der Waals surface area contributed by atoms with Gasteiger partial charge in [0.15, 0.2) is 0 Å². The molecule has 4 aromatic rings. The van der Waals surface area contributed by atoms with Crippen LogP contribution in [0.5, 0.6) is 0 Å². The Morgan fingerprint density at radius 2 is 1.97 bits per heavy atom. The van der Waals surface area contributed by atoms with Crippen LogP contribution >= 0.6 is 0 Å². The largest absolute Gasteiger partial charge is 0.363 e. The van der Waals surface area contributed by atoms with Crippen molar-refractivity contribution in [1.82, 2.24) is 29.7 Å². The number of hydrogen-bond donors (Lipinski definition) is 1. The Morgan fingerprint density at radius 1 is 1.12 bits per heavy atom. The van der Waals surface area contributed by atoms with Crippen molar-refractivity contribution < 1.29 is 4.79 Å². The minimum atomic E-state index is -0.728. The molecule has 4 heterocycles. The summed E-state index contributed by atoms with van der Waals surface area (Å²) in [6, 6.07) is 13.5. The molecule has 1 saturated carbocycles. The van der Waals surface area contributed by atoms with Gasteiger partial charge in [0.2, 0.25) is 5.82 Å². The first-order valence-electron chi connectivity index (χ1n) is 10.2. The Balaban J connectivity index is 1.62. The first-order valence-corrected chi connectivity index (χ1v) is 10.2. The van der Waals surface area contributed by atoms with E-state index in [0.29, 0.717) is 41.1 Å². The summed E-state index contributed by atoms with van der Waals surface area (Å²) in [6.45, 7) is 0. The fraction of sp³-hybridized carbons (Fsp3) is 0.217. The summed E-state index contributed by atoms with van der Waals surface area (Å²) in [6.07, 6.45) is 6.41. The molecule has 5 rings (SSSR count). The second kappa shape index (κ2) is 7.77. The highest BCUT2D eigenvalue weighted by Crippen LogP contribution is 2.46. The van der Waals surface area contributed by atoms with E-state index in [1.165, 1.54) is 6.20 Å². The number of pyridine rings is 2. The van der Waals surface area contributed by atoms with Crippen molar-refractivity contribution in [3.63, 3.8) is 0 Å². The number of nitrogens with zero attached hydrogens (tertiary/aromatic N) is 8. The molecule has 0 spiro atoms. The van der Waals surface area contributed by atoms with E-state index in [2.05, 4.69) is 27.1 Å². The quantitative estimate of drug-likeness (QED) is 0.500. The molecule has 0 saturated heterocycles. The standard InChI is InChI=1S/C23H17N9O/c24-6-5-23(11-14(12-23)13-25)32-9-4-17(31-32)20-15-2-1-7-27-18(15)10-19(29-20)16-3-8-28-22(30-16)21(26)33/h1-4,7-10,14H,5,11-12H2,(H2,26,33)/t14-,23+. The average molecular weight is 435 g/mol. The summed E-state index contributed by atoms with van der Waals surface area (Å²) in [4.78, 5) is 28.9. The van der Waals surface area contributed by atoms with Crippen molar-refractivity contribution in [2.24, 2.45) is 11.7 Å². The minimum Gasteiger partial charge on any atom is -0.363 e. The molecule has 33 heavy (non-hydrogen) atoms. The summed E-state index contributed by atoms with van der Waals surface area (Å²) >= 11 is 0. The van der Waals surface area contributed by atoms with Crippen molar-refractivity contribution in [3.05, 3.63) is 54.7 Å². The molecule has 1 aliphatic rings. The van der Waals surface area contributed by atoms with Gasteiger partial charge >= 0.3 is 0 Å². The van der Waals surface area contributed by atoms with E-state index >= 15 is 0 Å². The van der Waals surface area contributed by atoms with Crippen molar-refractivity contribution in [2.45, 2.75) is 24.8 Å². The van der Waals surface area contributed by atoms with E-state index in [4.69, 9.17) is 15.8 Å². The predicted molar refractivity (Wildman–Crippen MR) is 117 cm³/mol. The number of carbonyl (C=O) groups excluding carboxylic acids is 1. The summed E-state index contributed by atoms with van der Waals surface area (Å²) in [7, 11) is 0. The molecular weight excluding hydrogens is 418 g/mol. The monoisotopic (exact) mass is 435 g/mol. The number of hydrogen-bond acceptors (Lipinski definition) is 8. The summed E-state index contributed by atoms with van der Waals surface area (Å²) < 4.78 is 1.78. The van der Waals surface area contributed by atoms with Crippen molar-refractivity contribution in [1.29, 1.82) is 10.5 Å². The first-order chi connectivity index (χ1) is 16.0. The summed E-state index contributed by atoms with van der Waals surface area (Å²) in [5, 5.41) is 24.1. The van der Waals surface area contributed by atoms with Crippen LogP contribution in [0.4, 0.5) is 0 Å². The zero-order valence-corrected chi connectivity index (χ0v) is 17.4. The molecule has 1 amide bonds. The lowest BCUT2D eigenvalue weighted by atomic mass is 9.67.